The quantitative estimate of drug-likeness (QED) is 0.427. The van der Waals surface area contributed by atoms with Crippen LogP contribution in [0.3, 0.4) is 0 Å². The predicted molar refractivity (Wildman–Crippen MR) is 129 cm³/mol. The zero-order valence-electron chi connectivity index (χ0n) is 19.9. The summed E-state index contributed by atoms with van der Waals surface area (Å²) in [6.45, 7) is 3.72. The van der Waals surface area contributed by atoms with Crippen molar-refractivity contribution in [2.45, 2.75) is 44.1 Å². The fraction of sp³-hybridized carbons (Fsp3) is 0.440. The molecule has 5 heterocycles. The first-order valence-electron chi connectivity index (χ1n) is 12.1. The number of anilines is 1. The van der Waals surface area contributed by atoms with Crippen molar-refractivity contribution in [3.8, 4) is 22.8 Å². The van der Waals surface area contributed by atoms with Gasteiger partial charge in [0.25, 0.3) is 5.89 Å². The van der Waals surface area contributed by atoms with Gasteiger partial charge in [0, 0.05) is 32.7 Å². The van der Waals surface area contributed by atoms with Crippen molar-refractivity contribution in [2.24, 2.45) is 5.92 Å². The fourth-order valence-corrected chi connectivity index (χ4v) is 4.80. The van der Waals surface area contributed by atoms with Gasteiger partial charge in [-0.3, -0.25) is 9.67 Å². The smallest absolute Gasteiger partial charge is 0.261 e. The summed E-state index contributed by atoms with van der Waals surface area (Å²) in [5.74, 6) is 2.34. The van der Waals surface area contributed by atoms with Crippen LogP contribution in [0.25, 0.3) is 22.8 Å². The Bertz CT molecular complexity index is 1290. The molecule has 6 rings (SSSR count). The van der Waals surface area contributed by atoms with Crippen LogP contribution in [0.2, 0.25) is 0 Å². The maximum absolute atomic E-state index is 5.73. The molecule has 10 heteroatoms. The average molecular weight is 473 g/mol. The maximum Gasteiger partial charge on any atom is 0.261 e. The second-order valence-corrected chi connectivity index (χ2v) is 9.42. The summed E-state index contributed by atoms with van der Waals surface area (Å²) in [6.07, 6.45) is 13.3. The van der Waals surface area contributed by atoms with Crippen molar-refractivity contribution in [1.29, 1.82) is 0 Å². The Morgan fingerprint density at radius 1 is 0.971 bits per heavy atom. The lowest BCUT2D eigenvalue weighted by Crippen LogP contribution is -2.28. The minimum Gasteiger partial charge on any atom is -0.381 e. The van der Waals surface area contributed by atoms with Crippen LogP contribution in [-0.2, 0) is 10.2 Å². The van der Waals surface area contributed by atoms with Gasteiger partial charge in [0.05, 0.1) is 41.3 Å². The fourth-order valence-electron chi connectivity index (χ4n) is 4.80. The van der Waals surface area contributed by atoms with Gasteiger partial charge in [0.2, 0.25) is 0 Å². The first kappa shape index (κ1) is 21.8. The molecule has 1 saturated carbocycles. The van der Waals surface area contributed by atoms with Gasteiger partial charge in [-0.15, -0.1) is 0 Å². The van der Waals surface area contributed by atoms with Crippen LogP contribution in [0.15, 0.2) is 47.6 Å². The van der Waals surface area contributed by atoms with E-state index in [1.165, 1.54) is 0 Å². The number of ether oxygens (including phenoxy) is 1. The van der Waals surface area contributed by atoms with Crippen molar-refractivity contribution >= 4 is 5.82 Å². The van der Waals surface area contributed by atoms with E-state index >= 15 is 0 Å². The zero-order valence-corrected chi connectivity index (χ0v) is 19.9. The third-order valence-electron chi connectivity index (χ3n) is 7.23. The number of pyridine rings is 1. The average Bonchev–Trinajstić information content (AvgIpc) is 3.45. The highest BCUT2D eigenvalue weighted by molar-refractivity contribution is 5.55. The molecule has 0 aromatic carbocycles. The number of nitrogens with zero attached hydrogens (tertiary/aromatic N) is 7. The second-order valence-electron chi connectivity index (χ2n) is 9.42. The molecule has 1 aliphatic heterocycles. The minimum absolute atomic E-state index is 0.348. The molecule has 0 unspecified atom stereocenters. The van der Waals surface area contributed by atoms with Gasteiger partial charge in [0.15, 0.2) is 5.82 Å². The molecule has 4 aromatic rings. The number of hydrogen-bond acceptors (Lipinski definition) is 9. The van der Waals surface area contributed by atoms with Gasteiger partial charge in [-0.2, -0.15) is 10.1 Å². The Balaban J connectivity index is 1.27. The Kier molecular flexibility index (Phi) is 5.52. The minimum atomic E-state index is -0.383. The monoisotopic (exact) mass is 472 g/mol. The lowest BCUT2D eigenvalue weighted by Gasteiger charge is -2.26. The van der Waals surface area contributed by atoms with Crippen LogP contribution in [0.1, 0.15) is 50.0 Å². The largest absolute Gasteiger partial charge is 0.381 e. The summed E-state index contributed by atoms with van der Waals surface area (Å²) in [5.41, 5.74) is 3.02. The van der Waals surface area contributed by atoms with Crippen LogP contribution < -0.4 is 5.32 Å². The highest BCUT2D eigenvalue weighted by Gasteiger charge is 2.47. The highest BCUT2D eigenvalue weighted by Crippen LogP contribution is 2.50. The predicted octanol–water partition coefficient (Wildman–Crippen LogP) is 3.89. The number of hydrogen-bond donors (Lipinski definition) is 1. The van der Waals surface area contributed by atoms with E-state index in [9.17, 15) is 0 Å². The van der Waals surface area contributed by atoms with Gasteiger partial charge < -0.3 is 14.6 Å². The van der Waals surface area contributed by atoms with E-state index in [0.29, 0.717) is 23.7 Å². The molecule has 35 heavy (non-hydrogen) atoms. The molecule has 2 aliphatic rings. The molecule has 1 atom stereocenters. The van der Waals surface area contributed by atoms with Gasteiger partial charge in [0.1, 0.15) is 11.5 Å². The molecule has 10 nitrogen and oxygen atoms in total. The van der Waals surface area contributed by atoms with Crippen LogP contribution >= 0.6 is 0 Å². The molecule has 0 spiro atoms. The summed E-state index contributed by atoms with van der Waals surface area (Å²) in [7, 11) is 1.82. The normalized spacial score (nSPS) is 18.3. The third kappa shape index (κ3) is 4.07. The lowest BCUT2D eigenvalue weighted by atomic mass is 9.77. The van der Waals surface area contributed by atoms with E-state index in [1.807, 2.05) is 30.2 Å². The van der Waals surface area contributed by atoms with E-state index in [0.717, 1.165) is 67.2 Å². The van der Waals surface area contributed by atoms with E-state index in [-0.39, 0.29) is 5.41 Å². The molecule has 1 N–H and O–H groups in total. The molecule has 1 saturated heterocycles. The van der Waals surface area contributed by atoms with E-state index in [1.54, 1.807) is 18.6 Å². The van der Waals surface area contributed by atoms with Crippen LogP contribution in [-0.4, -0.2) is 55.1 Å². The van der Waals surface area contributed by atoms with E-state index in [2.05, 4.69) is 38.5 Å². The SMILES string of the molecule is CNc1cnc(-c2ccc([C@@](C)(c3noc(-c4cnn(C5CCOCC5)c4)n3)C3CC3)cn2)cn1. The molecule has 0 bridgehead atoms. The van der Waals surface area contributed by atoms with Crippen molar-refractivity contribution in [1.82, 2.24) is 34.9 Å². The molecule has 0 radical (unpaired) electrons. The Morgan fingerprint density at radius 3 is 2.49 bits per heavy atom. The molecular formula is C25H28N8O2. The molecule has 0 amide bonds. The topological polar surface area (TPSA) is 117 Å². The molecule has 4 aromatic heterocycles. The number of nitrogens with one attached hydrogen (secondary N) is 1. The lowest BCUT2D eigenvalue weighted by molar-refractivity contribution is 0.0662. The summed E-state index contributed by atoms with van der Waals surface area (Å²) >= 11 is 0. The standard InChI is InChI=1S/C25H28N8O2/c1-25(17-3-4-17,18-5-6-20(27-12-18)21-13-29-22(26-2)14-28-21)24-31-23(35-32-24)16-11-30-33(15-16)19-7-9-34-10-8-19/h5-6,11-15,17,19H,3-4,7-10H2,1-2H3,(H,26,29)/t25-/m0/s1. The van der Waals surface area contributed by atoms with Crippen molar-refractivity contribution < 1.29 is 9.26 Å². The van der Waals surface area contributed by atoms with Crippen molar-refractivity contribution in [3.05, 3.63) is 54.5 Å². The highest BCUT2D eigenvalue weighted by atomic mass is 16.5. The van der Waals surface area contributed by atoms with Gasteiger partial charge >= 0.3 is 0 Å². The maximum atomic E-state index is 5.73. The van der Waals surface area contributed by atoms with Gasteiger partial charge in [-0.25, -0.2) is 9.97 Å². The first-order chi connectivity index (χ1) is 17.1. The number of aromatic nitrogens is 7. The summed E-state index contributed by atoms with van der Waals surface area (Å²) < 4.78 is 13.2. The molecular weight excluding hydrogens is 444 g/mol. The van der Waals surface area contributed by atoms with Crippen LogP contribution in [0.5, 0.6) is 0 Å². The molecule has 1 aliphatic carbocycles. The number of rotatable bonds is 7. The summed E-state index contributed by atoms with van der Waals surface area (Å²) in [4.78, 5) is 18.3. The van der Waals surface area contributed by atoms with Gasteiger partial charge in [-0.05, 0) is 50.2 Å². The molecule has 180 valence electrons. The van der Waals surface area contributed by atoms with Crippen LogP contribution in [0.4, 0.5) is 5.82 Å². The first-order valence-corrected chi connectivity index (χ1v) is 12.1. The van der Waals surface area contributed by atoms with E-state index < -0.39 is 0 Å². The molecule has 2 fully saturated rings. The summed E-state index contributed by atoms with van der Waals surface area (Å²) in [6, 6.07) is 4.42. The van der Waals surface area contributed by atoms with Crippen molar-refractivity contribution in [3.63, 3.8) is 0 Å². The third-order valence-corrected chi connectivity index (χ3v) is 7.23. The Morgan fingerprint density at radius 2 is 1.80 bits per heavy atom. The Labute approximate surface area is 203 Å². The van der Waals surface area contributed by atoms with E-state index in [4.69, 9.17) is 19.2 Å². The summed E-state index contributed by atoms with van der Waals surface area (Å²) in [5, 5.41) is 12.0. The van der Waals surface area contributed by atoms with Crippen molar-refractivity contribution in [2.75, 3.05) is 25.6 Å². The zero-order chi connectivity index (χ0) is 23.8. The second kappa shape index (κ2) is 8.84. The van der Waals surface area contributed by atoms with Gasteiger partial charge in [-0.1, -0.05) is 11.2 Å². The Hall–Kier alpha value is -3.66. The van der Waals surface area contributed by atoms with Crippen LogP contribution in [0, 0.1) is 5.92 Å².